The van der Waals surface area contributed by atoms with Crippen LogP contribution in [0.3, 0.4) is 0 Å². The van der Waals surface area contributed by atoms with Crippen LogP contribution >= 0.6 is 0 Å². The number of Topliss-reactive ketones (excluding diaryl/α,β-unsaturated/α-hetero) is 1. The highest BCUT2D eigenvalue weighted by atomic mass is 16.5. The number of nitrogens with one attached hydrogen (secondary N) is 1. The predicted molar refractivity (Wildman–Crippen MR) is 115 cm³/mol. The molecule has 0 saturated carbocycles. The van der Waals surface area contributed by atoms with Crippen molar-refractivity contribution in [1.82, 2.24) is 10.4 Å². The van der Waals surface area contributed by atoms with Crippen LogP contribution in [0.2, 0.25) is 0 Å². The minimum atomic E-state index is -0.804. The van der Waals surface area contributed by atoms with Crippen molar-refractivity contribution in [2.24, 2.45) is 5.92 Å². The molecular formula is C23H24N2O8. The van der Waals surface area contributed by atoms with Crippen LogP contribution in [0, 0.1) is 5.92 Å². The molecule has 1 aliphatic rings. The van der Waals surface area contributed by atoms with E-state index in [-0.39, 0.29) is 24.3 Å². The summed E-state index contributed by atoms with van der Waals surface area (Å²) in [6, 6.07) is 11.0. The number of amides is 2. The van der Waals surface area contributed by atoms with Crippen LogP contribution in [0.1, 0.15) is 27.1 Å². The zero-order valence-electron chi connectivity index (χ0n) is 18.5. The number of hydrogen-bond acceptors (Lipinski definition) is 8. The molecule has 0 radical (unpaired) electrons. The number of carbonyl (C=O) groups excluding carboxylic acids is 4. The standard InChI is InChI=1S/C23H24N2O8/c1-30-17-6-4-14(5-7-17)20(26)13-33-23(29)16-10-21(27)25(12-16)24-22(28)15-8-18(31-2)11-19(9-15)32-3/h4-9,11,16H,10,12-13H2,1-3H3,(H,24,28)/t16-/m0/s1. The summed E-state index contributed by atoms with van der Waals surface area (Å²) < 4.78 is 20.4. The van der Waals surface area contributed by atoms with Gasteiger partial charge in [-0.05, 0) is 36.4 Å². The second-order valence-electron chi connectivity index (χ2n) is 7.21. The monoisotopic (exact) mass is 456 g/mol. The SMILES string of the molecule is COc1ccc(C(=O)COC(=O)[C@H]2CC(=O)N(NC(=O)c3cc(OC)cc(OC)c3)C2)cc1. The Kier molecular flexibility index (Phi) is 7.50. The molecule has 1 fully saturated rings. The Balaban J connectivity index is 1.55. The van der Waals surface area contributed by atoms with Crippen LogP contribution in [-0.2, 0) is 14.3 Å². The molecular weight excluding hydrogens is 432 g/mol. The van der Waals surface area contributed by atoms with E-state index < -0.39 is 30.3 Å². The van der Waals surface area contributed by atoms with E-state index in [0.717, 1.165) is 5.01 Å². The number of ether oxygens (including phenoxy) is 4. The lowest BCUT2D eigenvalue weighted by Gasteiger charge is -2.18. The molecule has 1 aliphatic heterocycles. The van der Waals surface area contributed by atoms with Crippen molar-refractivity contribution in [1.29, 1.82) is 0 Å². The van der Waals surface area contributed by atoms with E-state index in [1.54, 1.807) is 30.3 Å². The van der Waals surface area contributed by atoms with Gasteiger partial charge in [0.25, 0.3) is 5.91 Å². The van der Waals surface area contributed by atoms with Gasteiger partial charge in [0.05, 0.1) is 33.8 Å². The second kappa shape index (κ2) is 10.5. The zero-order valence-corrected chi connectivity index (χ0v) is 18.5. The summed E-state index contributed by atoms with van der Waals surface area (Å²) in [4.78, 5) is 49.5. The summed E-state index contributed by atoms with van der Waals surface area (Å²) in [6.07, 6.45) is -0.142. The van der Waals surface area contributed by atoms with Crippen molar-refractivity contribution >= 4 is 23.6 Å². The fourth-order valence-electron chi connectivity index (χ4n) is 3.21. The van der Waals surface area contributed by atoms with E-state index >= 15 is 0 Å². The molecule has 174 valence electrons. The molecule has 0 bridgehead atoms. The fourth-order valence-corrected chi connectivity index (χ4v) is 3.21. The number of hydrazine groups is 1. The van der Waals surface area contributed by atoms with Crippen molar-refractivity contribution in [2.75, 3.05) is 34.5 Å². The van der Waals surface area contributed by atoms with Crippen molar-refractivity contribution in [3.8, 4) is 17.2 Å². The van der Waals surface area contributed by atoms with Crippen molar-refractivity contribution < 1.29 is 38.1 Å². The first-order valence-corrected chi connectivity index (χ1v) is 10.0. The zero-order chi connectivity index (χ0) is 24.0. The Bertz CT molecular complexity index is 1030. The first kappa shape index (κ1) is 23.6. The predicted octanol–water partition coefficient (Wildman–Crippen LogP) is 1.63. The number of rotatable bonds is 9. The Morgan fingerprint density at radius 2 is 1.52 bits per heavy atom. The molecule has 0 aliphatic carbocycles. The number of carbonyl (C=O) groups is 4. The number of nitrogens with zero attached hydrogens (tertiary/aromatic N) is 1. The van der Waals surface area contributed by atoms with E-state index in [2.05, 4.69) is 5.43 Å². The summed E-state index contributed by atoms with van der Waals surface area (Å²) in [6.45, 7) is -0.521. The van der Waals surface area contributed by atoms with Crippen LogP contribution in [-0.4, -0.2) is 63.1 Å². The lowest BCUT2D eigenvalue weighted by Crippen LogP contribution is -2.43. The van der Waals surface area contributed by atoms with Gasteiger partial charge in [-0.3, -0.25) is 29.6 Å². The van der Waals surface area contributed by atoms with Gasteiger partial charge in [0.15, 0.2) is 12.4 Å². The smallest absolute Gasteiger partial charge is 0.311 e. The van der Waals surface area contributed by atoms with Gasteiger partial charge in [0.2, 0.25) is 5.91 Å². The molecule has 0 aromatic heterocycles. The highest BCUT2D eigenvalue weighted by molar-refractivity contribution is 5.99. The van der Waals surface area contributed by atoms with Crippen LogP contribution in [0.5, 0.6) is 17.2 Å². The molecule has 1 saturated heterocycles. The van der Waals surface area contributed by atoms with Gasteiger partial charge in [-0.1, -0.05) is 0 Å². The van der Waals surface area contributed by atoms with Crippen LogP contribution < -0.4 is 19.6 Å². The Morgan fingerprint density at radius 3 is 2.09 bits per heavy atom. The first-order chi connectivity index (χ1) is 15.8. The largest absolute Gasteiger partial charge is 0.497 e. The maximum Gasteiger partial charge on any atom is 0.311 e. The minimum Gasteiger partial charge on any atom is -0.497 e. The normalized spacial score (nSPS) is 15.1. The van der Waals surface area contributed by atoms with Gasteiger partial charge < -0.3 is 18.9 Å². The van der Waals surface area contributed by atoms with Crippen molar-refractivity contribution in [3.05, 3.63) is 53.6 Å². The third-order valence-electron chi connectivity index (χ3n) is 5.07. The van der Waals surface area contributed by atoms with E-state index in [1.165, 1.54) is 33.5 Å². The molecule has 0 spiro atoms. The summed E-state index contributed by atoms with van der Waals surface area (Å²) in [7, 11) is 4.42. The van der Waals surface area contributed by atoms with E-state index in [0.29, 0.717) is 22.8 Å². The van der Waals surface area contributed by atoms with Crippen LogP contribution in [0.25, 0.3) is 0 Å². The van der Waals surface area contributed by atoms with Gasteiger partial charge in [-0.25, -0.2) is 0 Å². The fraction of sp³-hybridized carbons (Fsp3) is 0.304. The lowest BCUT2D eigenvalue weighted by atomic mass is 10.1. The van der Waals surface area contributed by atoms with E-state index in [4.69, 9.17) is 18.9 Å². The van der Waals surface area contributed by atoms with Gasteiger partial charge in [-0.2, -0.15) is 0 Å². The molecule has 0 unspecified atom stereocenters. The quantitative estimate of drug-likeness (QED) is 0.447. The number of esters is 1. The average Bonchev–Trinajstić information content (AvgIpc) is 3.21. The van der Waals surface area contributed by atoms with Gasteiger partial charge >= 0.3 is 5.97 Å². The van der Waals surface area contributed by atoms with E-state index in [9.17, 15) is 19.2 Å². The third kappa shape index (κ3) is 5.79. The minimum absolute atomic E-state index is 0.0682. The Hall–Kier alpha value is -4.08. The molecule has 2 amide bonds. The lowest BCUT2D eigenvalue weighted by molar-refractivity contribution is -0.147. The maximum absolute atomic E-state index is 12.6. The van der Waals surface area contributed by atoms with Crippen LogP contribution in [0.15, 0.2) is 42.5 Å². The molecule has 3 rings (SSSR count). The highest BCUT2D eigenvalue weighted by Crippen LogP contribution is 2.23. The molecule has 1 heterocycles. The molecule has 10 nitrogen and oxygen atoms in total. The summed E-state index contributed by atoms with van der Waals surface area (Å²) in [5.41, 5.74) is 3.07. The molecule has 1 atom stereocenters. The maximum atomic E-state index is 12.6. The first-order valence-electron chi connectivity index (χ1n) is 10.0. The number of methoxy groups -OCH3 is 3. The van der Waals surface area contributed by atoms with Gasteiger partial charge in [0.1, 0.15) is 17.2 Å². The number of benzene rings is 2. The number of hydrogen-bond donors (Lipinski definition) is 1. The molecule has 2 aromatic rings. The van der Waals surface area contributed by atoms with Gasteiger partial charge in [-0.15, -0.1) is 0 Å². The Labute approximate surface area is 190 Å². The number of ketones is 1. The van der Waals surface area contributed by atoms with E-state index in [1.807, 2.05) is 0 Å². The second-order valence-corrected chi connectivity index (χ2v) is 7.21. The average molecular weight is 456 g/mol. The molecule has 2 aromatic carbocycles. The van der Waals surface area contributed by atoms with Crippen molar-refractivity contribution in [2.45, 2.75) is 6.42 Å². The van der Waals surface area contributed by atoms with Gasteiger partial charge in [0, 0.05) is 23.6 Å². The summed E-state index contributed by atoms with van der Waals surface area (Å²) >= 11 is 0. The summed E-state index contributed by atoms with van der Waals surface area (Å²) in [5, 5.41) is 1.06. The topological polar surface area (TPSA) is 120 Å². The molecule has 1 N–H and O–H groups in total. The highest BCUT2D eigenvalue weighted by Gasteiger charge is 2.37. The third-order valence-corrected chi connectivity index (χ3v) is 5.07. The molecule has 10 heteroatoms. The summed E-state index contributed by atoms with van der Waals surface area (Å²) in [5.74, 6) is -1.46. The van der Waals surface area contributed by atoms with Crippen molar-refractivity contribution in [3.63, 3.8) is 0 Å². The Morgan fingerprint density at radius 1 is 0.909 bits per heavy atom. The molecule has 33 heavy (non-hydrogen) atoms. The van der Waals surface area contributed by atoms with Crippen LogP contribution in [0.4, 0.5) is 0 Å².